The topological polar surface area (TPSA) is 63.8 Å². The van der Waals surface area contributed by atoms with Crippen LogP contribution in [-0.2, 0) is 0 Å². The molecule has 4 nitrogen and oxygen atoms in total. The summed E-state index contributed by atoms with van der Waals surface area (Å²) in [5.74, 6) is 1.68. The normalized spacial score (nSPS) is 11.2. The van der Waals surface area contributed by atoms with Crippen molar-refractivity contribution in [3.63, 3.8) is 0 Å². The van der Waals surface area contributed by atoms with Crippen molar-refractivity contribution in [1.29, 1.82) is 0 Å². The molecule has 17 heavy (non-hydrogen) atoms. The second kappa shape index (κ2) is 6.55. The van der Waals surface area contributed by atoms with Crippen molar-refractivity contribution in [1.82, 2.24) is 9.97 Å². The molecule has 0 saturated heterocycles. The number of nitrogens with two attached hydrogens (primary N) is 1. The monoisotopic (exact) mass is 236 g/mol. The van der Waals surface area contributed by atoms with Crippen molar-refractivity contribution in [2.24, 2.45) is 5.73 Å². The van der Waals surface area contributed by atoms with Crippen molar-refractivity contribution in [2.75, 3.05) is 18.4 Å². The number of nitrogens with zero attached hydrogens (tertiary/aromatic N) is 2. The van der Waals surface area contributed by atoms with Crippen molar-refractivity contribution in [3.8, 4) is 0 Å². The Bertz CT molecular complexity index is 347. The highest BCUT2D eigenvalue weighted by Crippen LogP contribution is 2.23. The number of aromatic nitrogens is 2. The maximum atomic E-state index is 5.48. The third-order valence-corrected chi connectivity index (χ3v) is 2.60. The van der Waals surface area contributed by atoms with E-state index in [-0.39, 0.29) is 0 Å². The van der Waals surface area contributed by atoms with Crippen LogP contribution in [0.15, 0.2) is 6.20 Å². The molecule has 0 fully saturated rings. The van der Waals surface area contributed by atoms with Crippen molar-refractivity contribution in [3.05, 3.63) is 17.7 Å². The van der Waals surface area contributed by atoms with Gasteiger partial charge in [0.1, 0.15) is 5.82 Å². The van der Waals surface area contributed by atoms with Crippen LogP contribution in [0.3, 0.4) is 0 Å². The van der Waals surface area contributed by atoms with Gasteiger partial charge in [-0.15, -0.1) is 0 Å². The van der Waals surface area contributed by atoms with E-state index in [0.29, 0.717) is 18.4 Å². The van der Waals surface area contributed by atoms with Gasteiger partial charge in [-0.3, -0.25) is 0 Å². The predicted molar refractivity (Wildman–Crippen MR) is 72.4 cm³/mol. The molecule has 1 rings (SSSR count). The third-order valence-electron chi connectivity index (χ3n) is 2.60. The van der Waals surface area contributed by atoms with Crippen molar-refractivity contribution >= 4 is 5.69 Å². The second-order valence-corrected chi connectivity index (χ2v) is 4.91. The molecule has 0 spiro atoms. The Morgan fingerprint density at radius 3 is 2.47 bits per heavy atom. The van der Waals surface area contributed by atoms with Crippen molar-refractivity contribution in [2.45, 2.75) is 46.0 Å². The summed E-state index contributed by atoms with van der Waals surface area (Å²) in [4.78, 5) is 9.04. The number of hydrogen-bond acceptors (Lipinski definition) is 4. The van der Waals surface area contributed by atoms with Crippen molar-refractivity contribution < 1.29 is 0 Å². The Labute approximate surface area is 104 Å². The van der Waals surface area contributed by atoms with E-state index in [1.165, 1.54) is 0 Å². The molecule has 0 aliphatic heterocycles. The fraction of sp³-hybridized carbons (Fsp3) is 0.692. The predicted octanol–water partition coefficient (Wildman–Crippen LogP) is 2.48. The minimum atomic E-state index is 0.366. The van der Waals surface area contributed by atoms with Crippen LogP contribution in [0, 0.1) is 0 Å². The van der Waals surface area contributed by atoms with E-state index in [4.69, 9.17) is 5.73 Å². The van der Waals surface area contributed by atoms with Crippen LogP contribution in [0.4, 0.5) is 5.69 Å². The Kier molecular flexibility index (Phi) is 5.35. The first kappa shape index (κ1) is 13.9. The fourth-order valence-corrected chi connectivity index (χ4v) is 1.59. The standard InChI is InChI=1S/C13H24N4/c1-9(2)12-11(15-7-5-6-14)8-16-13(17-12)10(3)4/h8-10,15H,5-7,14H2,1-4H3. The van der Waals surface area contributed by atoms with E-state index < -0.39 is 0 Å². The zero-order valence-corrected chi connectivity index (χ0v) is 11.3. The molecule has 0 saturated carbocycles. The zero-order valence-electron chi connectivity index (χ0n) is 11.3. The first-order valence-electron chi connectivity index (χ1n) is 6.37. The Balaban J connectivity index is 2.88. The average molecular weight is 236 g/mol. The Hall–Kier alpha value is -1.16. The van der Waals surface area contributed by atoms with Crippen LogP contribution in [0.1, 0.15) is 57.5 Å². The number of rotatable bonds is 6. The van der Waals surface area contributed by atoms with Crippen LogP contribution in [0.25, 0.3) is 0 Å². The van der Waals surface area contributed by atoms with E-state index in [9.17, 15) is 0 Å². The van der Waals surface area contributed by atoms with E-state index in [1.807, 2.05) is 6.20 Å². The van der Waals surface area contributed by atoms with Crippen LogP contribution in [0.2, 0.25) is 0 Å². The highest BCUT2D eigenvalue weighted by molar-refractivity contribution is 5.47. The van der Waals surface area contributed by atoms with Gasteiger partial charge in [0.15, 0.2) is 0 Å². The summed E-state index contributed by atoms with van der Waals surface area (Å²) >= 11 is 0. The first-order chi connectivity index (χ1) is 8.06. The maximum absolute atomic E-state index is 5.48. The zero-order chi connectivity index (χ0) is 12.8. The summed E-state index contributed by atoms with van der Waals surface area (Å²) in [6, 6.07) is 0. The number of anilines is 1. The largest absolute Gasteiger partial charge is 0.382 e. The maximum Gasteiger partial charge on any atom is 0.131 e. The van der Waals surface area contributed by atoms with Gasteiger partial charge in [-0.05, 0) is 18.9 Å². The molecule has 0 radical (unpaired) electrons. The van der Waals surface area contributed by atoms with Gasteiger partial charge in [0, 0.05) is 12.5 Å². The van der Waals surface area contributed by atoms with Gasteiger partial charge in [-0.1, -0.05) is 27.7 Å². The number of nitrogens with one attached hydrogen (secondary N) is 1. The summed E-state index contributed by atoms with van der Waals surface area (Å²) in [6.07, 6.45) is 2.86. The lowest BCUT2D eigenvalue weighted by molar-refractivity contribution is 0.729. The van der Waals surface area contributed by atoms with Crippen LogP contribution < -0.4 is 11.1 Å². The van der Waals surface area contributed by atoms with Gasteiger partial charge in [-0.25, -0.2) is 9.97 Å². The van der Waals surface area contributed by atoms with E-state index >= 15 is 0 Å². The van der Waals surface area contributed by atoms with Gasteiger partial charge in [0.2, 0.25) is 0 Å². The smallest absolute Gasteiger partial charge is 0.131 e. The molecule has 0 aliphatic carbocycles. The lowest BCUT2D eigenvalue weighted by Crippen LogP contribution is -2.12. The first-order valence-corrected chi connectivity index (χ1v) is 6.37. The molecule has 0 aliphatic rings. The Morgan fingerprint density at radius 1 is 1.24 bits per heavy atom. The van der Waals surface area contributed by atoms with Gasteiger partial charge in [-0.2, -0.15) is 0 Å². The van der Waals surface area contributed by atoms with Gasteiger partial charge < -0.3 is 11.1 Å². The average Bonchev–Trinajstić information content (AvgIpc) is 2.29. The minimum absolute atomic E-state index is 0.366. The minimum Gasteiger partial charge on any atom is -0.382 e. The van der Waals surface area contributed by atoms with Gasteiger partial charge >= 0.3 is 0 Å². The molecule has 4 heteroatoms. The quantitative estimate of drug-likeness (QED) is 0.745. The molecule has 0 bridgehead atoms. The summed E-state index contributed by atoms with van der Waals surface area (Å²) < 4.78 is 0. The van der Waals surface area contributed by atoms with E-state index in [1.54, 1.807) is 0 Å². The van der Waals surface area contributed by atoms with Gasteiger partial charge in [0.25, 0.3) is 0 Å². The summed E-state index contributed by atoms with van der Waals surface area (Å²) in [6.45, 7) is 10.1. The SMILES string of the molecule is CC(C)c1ncc(NCCCN)c(C(C)C)n1. The van der Waals surface area contributed by atoms with Gasteiger partial charge in [0.05, 0.1) is 17.6 Å². The highest BCUT2D eigenvalue weighted by atomic mass is 15.0. The number of hydrogen-bond donors (Lipinski definition) is 2. The lowest BCUT2D eigenvalue weighted by Gasteiger charge is -2.15. The van der Waals surface area contributed by atoms with Crippen LogP contribution in [0.5, 0.6) is 0 Å². The summed E-state index contributed by atoms with van der Waals surface area (Å²) in [5, 5.41) is 3.36. The Morgan fingerprint density at radius 2 is 1.94 bits per heavy atom. The molecule has 0 unspecified atom stereocenters. The van der Waals surface area contributed by atoms with Crippen LogP contribution >= 0.6 is 0 Å². The molecular formula is C13H24N4. The molecule has 1 heterocycles. The molecule has 1 aromatic rings. The third kappa shape index (κ3) is 3.97. The summed E-state index contributed by atoms with van der Waals surface area (Å²) in [5.41, 5.74) is 7.62. The van der Waals surface area contributed by atoms with Crippen LogP contribution in [-0.4, -0.2) is 23.1 Å². The second-order valence-electron chi connectivity index (χ2n) is 4.91. The lowest BCUT2D eigenvalue weighted by atomic mass is 10.1. The molecule has 1 aromatic heterocycles. The molecule has 0 atom stereocenters. The highest BCUT2D eigenvalue weighted by Gasteiger charge is 2.12. The van der Waals surface area contributed by atoms with E-state index in [0.717, 1.165) is 30.2 Å². The summed E-state index contributed by atoms with van der Waals surface area (Å²) in [7, 11) is 0. The molecule has 0 aromatic carbocycles. The molecule has 96 valence electrons. The molecule has 0 amide bonds. The molecular weight excluding hydrogens is 212 g/mol. The molecule has 3 N–H and O–H groups in total. The van der Waals surface area contributed by atoms with E-state index in [2.05, 4.69) is 43.0 Å². The fourth-order valence-electron chi connectivity index (χ4n) is 1.59.